The number of ether oxygens (including phenoxy) is 1. The molecule has 0 saturated heterocycles. The van der Waals surface area contributed by atoms with E-state index in [2.05, 4.69) is 13.2 Å². The van der Waals surface area contributed by atoms with E-state index in [1.165, 1.54) is 0 Å². The van der Waals surface area contributed by atoms with Crippen LogP contribution in [0.2, 0.25) is 0 Å². The molecule has 1 heterocycles. The maximum Gasteiger partial charge on any atom is 0.417 e. The summed E-state index contributed by atoms with van der Waals surface area (Å²) in [6.07, 6.45) is 3.24. The summed E-state index contributed by atoms with van der Waals surface area (Å²) in [6, 6.07) is 9.51. The molecule has 5 heteroatoms. The van der Waals surface area contributed by atoms with Gasteiger partial charge in [0.25, 0.3) is 5.91 Å². The Bertz CT molecular complexity index is 827. The molecule has 138 valence electrons. The molecule has 2 aromatic rings. The van der Waals surface area contributed by atoms with Gasteiger partial charge in [0.05, 0.1) is 0 Å². The van der Waals surface area contributed by atoms with Crippen molar-refractivity contribution in [2.75, 3.05) is 6.54 Å². The number of para-hydroxylation sites is 1. The Morgan fingerprint density at radius 2 is 1.88 bits per heavy atom. The molecule has 0 aliphatic rings. The molecule has 26 heavy (non-hydrogen) atoms. The molecule has 1 aromatic carbocycles. The Hall–Kier alpha value is -2.82. The number of hydrogen-bond donors (Lipinski definition) is 0. The lowest BCUT2D eigenvalue weighted by atomic mass is 10.2. The molecule has 0 N–H and O–H groups in total. The zero-order valence-corrected chi connectivity index (χ0v) is 15.7. The third-order valence-corrected chi connectivity index (χ3v) is 3.76. The van der Waals surface area contributed by atoms with E-state index in [0.29, 0.717) is 18.7 Å². The number of rotatable bonds is 6. The molecule has 2 rings (SSSR count). The van der Waals surface area contributed by atoms with Gasteiger partial charge in [0.1, 0.15) is 11.3 Å². The molecular weight excluding hydrogens is 328 g/mol. The van der Waals surface area contributed by atoms with E-state index in [0.717, 1.165) is 15.8 Å². The highest BCUT2D eigenvalue weighted by atomic mass is 16.6. The fourth-order valence-corrected chi connectivity index (χ4v) is 2.66. The maximum atomic E-state index is 13.2. The standard InChI is InChI=1S/C21H26N2O3/c1-6-8-14-23(20(25)26-21(3,4)5)19(24)18-15-16-11-9-10-12-17(16)22(18)13-7-2/h6-7,9-12,15H,1-2,8,13-14H2,3-5H3. The predicted molar refractivity (Wildman–Crippen MR) is 104 cm³/mol. The number of aromatic nitrogens is 1. The summed E-state index contributed by atoms with van der Waals surface area (Å²) in [5.74, 6) is -0.390. The quantitative estimate of drug-likeness (QED) is 0.702. The van der Waals surface area contributed by atoms with Gasteiger partial charge in [-0.25, -0.2) is 9.69 Å². The normalized spacial score (nSPS) is 11.2. The summed E-state index contributed by atoms with van der Waals surface area (Å²) < 4.78 is 7.27. The van der Waals surface area contributed by atoms with Crippen LogP contribution in [0.15, 0.2) is 55.6 Å². The lowest BCUT2D eigenvalue weighted by Crippen LogP contribution is -2.42. The van der Waals surface area contributed by atoms with Gasteiger partial charge >= 0.3 is 6.09 Å². The molecule has 0 unspecified atom stereocenters. The van der Waals surface area contributed by atoms with Crippen LogP contribution in [0.4, 0.5) is 4.79 Å². The SMILES string of the molecule is C=CCCN(C(=O)OC(C)(C)C)C(=O)c1cc2ccccc2n1CC=C. The van der Waals surface area contributed by atoms with E-state index in [1.807, 2.05) is 28.8 Å². The molecule has 0 spiro atoms. The van der Waals surface area contributed by atoms with Crippen LogP contribution >= 0.6 is 0 Å². The highest BCUT2D eigenvalue weighted by Gasteiger charge is 2.29. The highest BCUT2D eigenvalue weighted by molar-refractivity contribution is 6.05. The lowest BCUT2D eigenvalue weighted by Gasteiger charge is -2.26. The first-order valence-electron chi connectivity index (χ1n) is 8.63. The minimum Gasteiger partial charge on any atom is -0.443 e. The molecule has 0 saturated carbocycles. The Labute approximate surface area is 154 Å². The van der Waals surface area contributed by atoms with E-state index in [9.17, 15) is 9.59 Å². The summed E-state index contributed by atoms with van der Waals surface area (Å²) >= 11 is 0. The van der Waals surface area contributed by atoms with Crippen LogP contribution < -0.4 is 0 Å². The van der Waals surface area contributed by atoms with Crippen molar-refractivity contribution >= 4 is 22.9 Å². The highest BCUT2D eigenvalue weighted by Crippen LogP contribution is 2.22. The molecule has 5 nitrogen and oxygen atoms in total. The molecule has 0 bridgehead atoms. The summed E-state index contributed by atoms with van der Waals surface area (Å²) in [7, 11) is 0. The third-order valence-electron chi connectivity index (χ3n) is 3.76. The van der Waals surface area contributed by atoms with E-state index in [-0.39, 0.29) is 12.5 Å². The van der Waals surface area contributed by atoms with Crippen LogP contribution in [0.3, 0.4) is 0 Å². The number of allylic oxidation sites excluding steroid dienone is 1. The number of nitrogens with zero attached hydrogens (tertiary/aromatic N) is 2. The van der Waals surface area contributed by atoms with Crippen LogP contribution in [0.25, 0.3) is 10.9 Å². The second kappa shape index (κ2) is 8.04. The molecule has 1 aromatic heterocycles. The summed E-state index contributed by atoms with van der Waals surface area (Å²) in [5.41, 5.74) is 0.669. The average molecular weight is 354 g/mol. The van der Waals surface area contributed by atoms with Crippen molar-refractivity contribution in [3.63, 3.8) is 0 Å². The Kier molecular flexibility index (Phi) is 6.03. The number of carbonyl (C=O) groups excluding carboxylic acids is 2. The fourth-order valence-electron chi connectivity index (χ4n) is 2.66. The van der Waals surface area contributed by atoms with E-state index >= 15 is 0 Å². The van der Waals surface area contributed by atoms with Crippen molar-refractivity contribution < 1.29 is 14.3 Å². The van der Waals surface area contributed by atoms with Crippen LogP contribution in [0.1, 0.15) is 37.7 Å². The molecule has 0 radical (unpaired) electrons. The van der Waals surface area contributed by atoms with Gasteiger partial charge in [0.15, 0.2) is 0 Å². The largest absolute Gasteiger partial charge is 0.443 e. The third kappa shape index (κ3) is 4.42. The predicted octanol–water partition coefficient (Wildman–Crippen LogP) is 4.78. The summed E-state index contributed by atoms with van der Waals surface area (Å²) in [4.78, 5) is 26.9. The molecule has 0 aliphatic heterocycles. The van der Waals surface area contributed by atoms with Gasteiger partial charge in [-0.05, 0) is 39.3 Å². The first kappa shape index (κ1) is 19.5. The second-order valence-corrected chi connectivity index (χ2v) is 7.00. The van der Waals surface area contributed by atoms with Gasteiger partial charge in [0, 0.05) is 24.0 Å². The van der Waals surface area contributed by atoms with Crippen molar-refractivity contribution in [1.29, 1.82) is 0 Å². The topological polar surface area (TPSA) is 51.5 Å². The lowest BCUT2D eigenvalue weighted by molar-refractivity contribution is 0.0241. The molecule has 0 aliphatic carbocycles. The molecule has 0 atom stereocenters. The Morgan fingerprint density at radius 3 is 2.50 bits per heavy atom. The number of imide groups is 1. The van der Waals surface area contributed by atoms with Gasteiger partial charge in [-0.15, -0.1) is 13.2 Å². The minimum absolute atomic E-state index is 0.215. The maximum absolute atomic E-state index is 13.2. The van der Waals surface area contributed by atoms with E-state index in [4.69, 9.17) is 4.74 Å². The van der Waals surface area contributed by atoms with Crippen LogP contribution in [0.5, 0.6) is 0 Å². The van der Waals surface area contributed by atoms with Crippen LogP contribution in [-0.4, -0.2) is 33.6 Å². The van der Waals surface area contributed by atoms with Gasteiger partial charge in [-0.1, -0.05) is 30.4 Å². The zero-order chi connectivity index (χ0) is 19.3. The first-order valence-corrected chi connectivity index (χ1v) is 8.63. The second-order valence-electron chi connectivity index (χ2n) is 7.00. The smallest absolute Gasteiger partial charge is 0.417 e. The average Bonchev–Trinajstić information content (AvgIpc) is 2.93. The molecule has 2 amide bonds. The Balaban J connectivity index is 2.45. The van der Waals surface area contributed by atoms with Crippen LogP contribution in [0, 0.1) is 0 Å². The number of amides is 2. The van der Waals surface area contributed by atoms with Crippen molar-refractivity contribution in [3.05, 3.63) is 61.3 Å². The van der Waals surface area contributed by atoms with Crippen molar-refractivity contribution in [2.24, 2.45) is 0 Å². The van der Waals surface area contributed by atoms with Crippen molar-refractivity contribution in [2.45, 2.75) is 39.3 Å². The van der Waals surface area contributed by atoms with Crippen LogP contribution in [-0.2, 0) is 11.3 Å². The summed E-state index contributed by atoms with van der Waals surface area (Å²) in [5, 5.41) is 0.936. The summed E-state index contributed by atoms with van der Waals surface area (Å²) in [6.45, 7) is 13.4. The van der Waals surface area contributed by atoms with Crippen molar-refractivity contribution in [3.8, 4) is 0 Å². The monoisotopic (exact) mass is 354 g/mol. The number of carbonyl (C=O) groups is 2. The van der Waals surface area contributed by atoms with E-state index in [1.54, 1.807) is 39.0 Å². The van der Waals surface area contributed by atoms with E-state index < -0.39 is 11.7 Å². The zero-order valence-electron chi connectivity index (χ0n) is 15.7. The van der Waals surface area contributed by atoms with Gasteiger partial charge in [0.2, 0.25) is 0 Å². The van der Waals surface area contributed by atoms with Gasteiger partial charge in [-0.2, -0.15) is 0 Å². The minimum atomic E-state index is -0.683. The first-order chi connectivity index (χ1) is 12.3. The van der Waals surface area contributed by atoms with Gasteiger partial charge in [-0.3, -0.25) is 4.79 Å². The number of fused-ring (bicyclic) bond motifs is 1. The van der Waals surface area contributed by atoms with Gasteiger partial charge < -0.3 is 9.30 Å². The Morgan fingerprint density at radius 1 is 1.19 bits per heavy atom. The number of hydrogen-bond acceptors (Lipinski definition) is 3. The van der Waals surface area contributed by atoms with Crippen molar-refractivity contribution in [1.82, 2.24) is 9.47 Å². The number of benzene rings is 1. The molecule has 0 fully saturated rings. The molecular formula is C21H26N2O3. The fraction of sp³-hybridized carbons (Fsp3) is 0.333.